The summed E-state index contributed by atoms with van der Waals surface area (Å²) in [6, 6.07) is 13.4. The van der Waals surface area contributed by atoms with Crippen molar-refractivity contribution in [2.45, 2.75) is 59.3 Å². The van der Waals surface area contributed by atoms with Gasteiger partial charge in [0.1, 0.15) is 18.5 Å². The molecule has 3 nitrogen and oxygen atoms in total. The molecule has 0 saturated heterocycles. The van der Waals surface area contributed by atoms with Gasteiger partial charge < -0.3 is 9.58 Å². The van der Waals surface area contributed by atoms with Gasteiger partial charge in [-0.1, -0.05) is 49.5 Å². The molecule has 0 amide bonds. The van der Waals surface area contributed by atoms with Crippen molar-refractivity contribution < 1.29 is 9.30 Å². The number of nitrogens with zero attached hydrogens (tertiary/aromatic N) is 2. The Morgan fingerprint density at radius 1 is 1.03 bits per heavy atom. The Morgan fingerprint density at radius 3 is 2.44 bits per heavy atom. The lowest BCUT2D eigenvalue weighted by molar-refractivity contribution is -0.659. The number of aryl methyl sites for hydroxylation is 3. The first-order valence-electron chi connectivity index (χ1n) is 12.0. The summed E-state index contributed by atoms with van der Waals surface area (Å²) < 4.78 is 9.16. The standard InChI is InChI=1S/C30H33N2OSi/c1-18-10-11-22-23(14-18)19(2)25-27-26-21(12-13-32(27)6)15-20(17-30(3,4)31-5)16-24(26)33-28(25)29(22)34(7,8)9/h10-16H,17H2,1-4,6-9H3/q+1. The fourth-order valence-electron chi connectivity index (χ4n) is 5.53. The topological polar surface area (TPSA) is 17.5 Å². The summed E-state index contributed by atoms with van der Waals surface area (Å²) in [5.41, 5.74) is 5.72. The normalized spacial score (nSPS) is 13.0. The molecule has 5 rings (SSSR count). The molecule has 0 atom stereocenters. The summed E-state index contributed by atoms with van der Waals surface area (Å²) in [6.07, 6.45) is 2.86. The number of rotatable bonds is 3. The molecule has 0 radical (unpaired) electrons. The van der Waals surface area contributed by atoms with Crippen LogP contribution in [0.3, 0.4) is 0 Å². The van der Waals surface area contributed by atoms with E-state index >= 15 is 0 Å². The molecule has 1 aliphatic heterocycles. The van der Waals surface area contributed by atoms with Gasteiger partial charge in [0, 0.05) is 19.9 Å². The van der Waals surface area contributed by atoms with Gasteiger partial charge in [-0.25, -0.2) is 11.1 Å². The molecule has 2 heterocycles. The van der Waals surface area contributed by atoms with E-state index in [2.05, 4.69) is 92.5 Å². The van der Waals surface area contributed by atoms with Crippen LogP contribution < -0.4 is 14.5 Å². The van der Waals surface area contributed by atoms with Gasteiger partial charge >= 0.3 is 0 Å². The number of fused-ring (bicyclic) bond motifs is 3. The summed E-state index contributed by atoms with van der Waals surface area (Å²) in [5.74, 6) is 1.95. The zero-order valence-corrected chi connectivity index (χ0v) is 22.6. The second kappa shape index (κ2) is 7.42. The Hall–Kier alpha value is -3.16. The maximum atomic E-state index is 7.59. The quantitative estimate of drug-likeness (QED) is 0.159. The van der Waals surface area contributed by atoms with Crippen LogP contribution in [0.25, 0.3) is 37.6 Å². The zero-order valence-electron chi connectivity index (χ0n) is 21.6. The van der Waals surface area contributed by atoms with Crippen LogP contribution in [0.4, 0.5) is 0 Å². The third kappa shape index (κ3) is 3.42. The first-order valence-corrected chi connectivity index (χ1v) is 15.5. The average Bonchev–Trinajstić information content (AvgIpc) is 2.75. The Bertz CT molecular complexity index is 1550. The van der Waals surface area contributed by atoms with E-state index in [1.807, 2.05) is 13.8 Å². The van der Waals surface area contributed by atoms with Gasteiger partial charge in [-0.05, 0) is 52.4 Å². The highest BCUT2D eigenvalue weighted by Gasteiger charge is 2.37. The SMILES string of the molecule is [C-]#[N+]C(C)(C)Cc1cc2c3c([n+](C)ccc3c1)-c1c(c([Si](C)(C)C)c3ccc(C)cc3c1C)O2. The maximum Gasteiger partial charge on any atom is 0.231 e. The Balaban J connectivity index is 1.92. The fourth-order valence-corrected chi connectivity index (χ4v) is 7.41. The first kappa shape index (κ1) is 22.6. The molecule has 4 heteroatoms. The average molecular weight is 466 g/mol. The highest BCUT2D eigenvalue weighted by Crippen LogP contribution is 2.48. The monoisotopic (exact) mass is 465 g/mol. The Morgan fingerprint density at radius 2 is 1.76 bits per heavy atom. The second-order valence-corrected chi connectivity index (χ2v) is 16.5. The van der Waals surface area contributed by atoms with Gasteiger partial charge in [-0.3, -0.25) is 0 Å². The molecule has 0 aliphatic carbocycles. The van der Waals surface area contributed by atoms with Crippen molar-refractivity contribution in [3.05, 3.63) is 70.7 Å². The van der Waals surface area contributed by atoms with Crippen LogP contribution in [-0.2, 0) is 13.5 Å². The van der Waals surface area contributed by atoms with Crippen molar-refractivity contribution in [3.63, 3.8) is 0 Å². The molecule has 0 fully saturated rings. The molecule has 3 aromatic carbocycles. The lowest BCUT2D eigenvalue weighted by Crippen LogP contribution is -2.41. The maximum absolute atomic E-state index is 7.59. The summed E-state index contributed by atoms with van der Waals surface area (Å²) in [4.78, 5) is 3.84. The number of benzene rings is 3. The third-order valence-corrected chi connectivity index (χ3v) is 9.07. The van der Waals surface area contributed by atoms with E-state index in [1.165, 1.54) is 49.1 Å². The lowest BCUT2D eigenvalue weighted by atomic mass is 9.89. The summed E-state index contributed by atoms with van der Waals surface area (Å²) in [7, 11) is 0.366. The molecule has 0 unspecified atom stereocenters. The first-order chi connectivity index (χ1) is 15.9. The van der Waals surface area contributed by atoms with E-state index < -0.39 is 13.6 Å². The summed E-state index contributed by atoms with van der Waals surface area (Å²) in [6.45, 7) is 23.2. The van der Waals surface area contributed by atoms with Gasteiger partial charge in [0.25, 0.3) is 0 Å². The predicted octanol–water partition coefficient (Wildman–Crippen LogP) is 6.99. The van der Waals surface area contributed by atoms with Gasteiger partial charge in [-0.2, -0.15) is 0 Å². The van der Waals surface area contributed by atoms with Crippen molar-refractivity contribution in [2.24, 2.45) is 7.05 Å². The molecule has 34 heavy (non-hydrogen) atoms. The Kier molecular flexibility index (Phi) is 4.93. The van der Waals surface area contributed by atoms with E-state index in [9.17, 15) is 0 Å². The number of pyridine rings is 1. The van der Waals surface area contributed by atoms with E-state index in [-0.39, 0.29) is 0 Å². The number of ether oxygens (including phenoxy) is 1. The van der Waals surface area contributed by atoms with Crippen molar-refractivity contribution in [2.75, 3.05) is 0 Å². The van der Waals surface area contributed by atoms with Crippen molar-refractivity contribution in [3.8, 4) is 22.8 Å². The van der Waals surface area contributed by atoms with Crippen LogP contribution in [0.2, 0.25) is 19.6 Å². The van der Waals surface area contributed by atoms with E-state index in [1.54, 1.807) is 0 Å². The number of hydrogen-bond acceptors (Lipinski definition) is 1. The van der Waals surface area contributed by atoms with Crippen LogP contribution in [-0.4, -0.2) is 13.6 Å². The van der Waals surface area contributed by atoms with E-state index in [4.69, 9.17) is 11.3 Å². The van der Waals surface area contributed by atoms with Crippen molar-refractivity contribution in [1.29, 1.82) is 0 Å². The summed E-state index contributed by atoms with van der Waals surface area (Å²) >= 11 is 0. The number of aromatic nitrogens is 1. The smallest absolute Gasteiger partial charge is 0.231 e. The molecule has 0 saturated carbocycles. The highest BCUT2D eigenvalue weighted by atomic mass is 28.3. The number of hydrogen-bond donors (Lipinski definition) is 0. The van der Waals surface area contributed by atoms with Gasteiger partial charge in [0.2, 0.25) is 11.2 Å². The molecular formula is C30H33N2OSi+. The molecule has 172 valence electrons. The van der Waals surface area contributed by atoms with Crippen LogP contribution >= 0.6 is 0 Å². The molecule has 0 bridgehead atoms. The zero-order chi connectivity index (χ0) is 24.6. The highest BCUT2D eigenvalue weighted by molar-refractivity contribution is 6.91. The van der Waals surface area contributed by atoms with Crippen LogP contribution in [0.15, 0.2) is 42.6 Å². The molecule has 0 N–H and O–H groups in total. The largest absolute Gasteiger partial charge is 0.456 e. The van der Waals surface area contributed by atoms with E-state index in [0.29, 0.717) is 6.42 Å². The van der Waals surface area contributed by atoms with Crippen molar-refractivity contribution in [1.82, 2.24) is 0 Å². The molecule has 4 aromatic rings. The summed E-state index contributed by atoms with van der Waals surface area (Å²) in [5, 5.41) is 6.38. The van der Waals surface area contributed by atoms with Gasteiger partial charge in [0.05, 0.1) is 25.4 Å². The fraction of sp³-hybridized carbons (Fsp3) is 0.333. The second-order valence-electron chi connectivity index (χ2n) is 11.5. The van der Waals surface area contributed by atoms with E-state index in [0.717, 1.165) is 17.1 Å². The lowest BCUT2D eigenvalue weighted by Gasteiger charge is -2.30. The minimum absolute atomic E-state index is 0.441. The molecule has 0 spiro atoms. The van der Waals surface area contributed by atoms with Crippen LogP contribution in [0, 0.1) is 20.4 Å². The van der Waals surface area contributed by atoms with Gasteiger partial charge in [-0.15, -0.1) is 0 Å². The third-order valence-electron chi connectivity index (χ3n) is 7.08. The van der Waals surface area contributed by atoms with Gasteiger partial charge in [0.15, 0.2) is 6.20 Å². The van der Waals surface area contributed by atoms with Crippen LogP contribution in [0.1, 0.15) is 30.5 Å². The van der Waals surface area contributed by atoms with Crippen molar-refractivity contribution >= 4 is 34.8 Å². The van der Waals surface area contributed by atoms with Crippen LogP contribution in [0.5, 0.6) is 11.5 Å². The molecule has 1 aliphatic rings. The molecular weight excluding hydrogens is 432 g/mol. The molecule has 1 aromatic heterocycles. The Labute approximate surface area is 203 Å². The predicted molar refractivity (Wildman–Crippen MR) is 145 cm³/mol. The minimum atomic E-state index is -1.77. The minimum Gasteiger partial charge on any atom is -0.456 e.